The average Bonchev–Trinajstić information content (AvgIpc) is 3.15. The number of aliphatic imine (C=N–C) groups is 1. The lowest BCUT2D eigenvalue weighted by Gasteiger charge is -2.33. The molecule has 0 unspecified atom stereocenters. The average molecular weight is 438 g/mol. The van der Waals surface area contributed by atoms with Crippen LogP contribution in [-0.4, -0.2) is 23.2 Å². The maximum atomic E-state index is 6.39. The van der Waals surface area contributed by atoms with Crippen molar-refractivity contribution in [2.45, 2.75) is 46.0 Å². The molecule has 0 amide bonds. The molecule has 1 aliphatic rings. The topological polar surface area (TPSA) is 37.7 Å². The van der Waals surface area contributed by atoms with Crippen LogP contribution >= 0.6 is 23.6 Å². The summed E-state index contributed by atoms with van der Waals surface area (Å²) in [5.74, 6) is 2.34. The minimum absolute atomic E-state index is 0.0382. The largest absolute Gasteiger partial charge is 0.455 e. The van der Waals surface area contributed by atoms with Crippen molar-refractivity contribution in [3.8, 4) is 11.5 Å². The summed E-state index contributed by atoms with van der Waals surface area (Å²) in [4.78, 5) is 11.9. The van der Waals surface area contributed by atoms with Crippen LogP contribution < -0.4 is 9.64 Å². The number of rotatable bonds is 4. The zero-order valence-corrected chi connectivity index (χ0v) is 19.6. The fourth-order valence-electron chi connectivity index (χ4n) is 3.72. The number of isothiocyanates is 1. The maximum absolute atomic E-state index is 6.39. The molecule has 4 nitrogen and oxygen atoms in total. The van der Waals surface area contributed by atoms with Gasteiger partial charge in [0.25, 0.3) is 0 Å². The van der Waals surface area contributed by atoms with E-state index in [0.29, 0.717) is 0 Å². The predicted molar refractivity (Wildman–Crippen MR) is 130 cm³/mol. The van der Waals surface area contributed by atoms with Gasteiger partial charge in [-0.1, -0.05) is 45.9 Å². The van der Waals surface area contributed by atoms with Crippen LogP contribution in [0, 0.1) is 5.92 Å². The summed E-state index contributed by atoms with van der Waals surface area (Å²) in [6, 6.07) is 12.0. The van der Waals surface area contributed by atoms with Crippen molar-refractivity contribution in [3.63, 3.8) is 0 Å². The number of para-hydroxylation sites is 1. The van der Waals surface area contributed by atoms with E-state index < -0.39 is 0 Å². The number of piperidine rings is 1. The van der Waals surface area contributed by atoms with Crippen LogP contribution in [0.15, 0.2) is 41.4 Å². The van der Waals surface area contributed by atoms with Gasteiger partial charge in [0.2, 0.25) is 0 Å². The van der Waals surface area contributed by atoms with Crippen LogP contribution in [0.4, 0.5) is 11.4 Å². The standard InChI is InChI=1S/C24H27N3OS2/c1-16-10-12-27(13-11-16)22-18(28-17-8-6-5-7-9-17)14-19-20(21(22)25-15-29)26-23(30-19)24(2,3)4/h5-9,14,16H,10-13H2,1-4H3. The Morgan fingerprint density at radius 3 is 2.53 bits per heavy atom. The summed E-state index contributed by atoms with van der Waals surface area (Å²) in [6.45, 7) is 10.8. The highest BCUT2D eigenvalue weighted by Gasteiger charge is 2.27. The highest BCUT2D eigenvalue weighted by atomic mass is 32.1. The van der Waals surface area contributed by atoms with E-state index in [2.05, 4.69) is 48.8 Å². The molecule has 156 valence electrons. The maximum Gasteiger partial charge on any atom is 0.154 e. The smallest absolute Gasteiger partial charge is 0.154 e. The molecule has 0 aliphatic carbocycles. The van der Waals surface area contributed by atoms with E-state index >= 15 is 0 Å². The summed E-state index contributed by atoms with van der Waals surface area (Å²) in [7, 11) is 0. The number of fused-ring (bicyclic) bond motifs is 1. The molecule has 2 aromatic carbocycles. The zero-order chi connectivity index (χ0) is 21.3. The summed E-state index contributed by atoms with van der Waals surface area (Å²) in [5.41, 5.74) is 2.59. The molecular formula is C24H27N3OS2. The summed E-state index contributed by atoms with van der Waals surface area (Å²) < 4.78 is 7.45. The number of ether oxygens (including phenoxy) is 1. The van der Waals surface area contributed by atoms with Gasteiger partial charge in [0.1, 0.15) is 22.6 Å². The molecule has 0 spiro atoms. The Hall–Kier alpha value is -2.27. The van der Waals surface area contributed by atoms with Crippen molar-refractivity contribution in [2.24, 2.45) is 10.9 Å². The highest BCUT2D eigenvalue weighted by molar-refractivity contribution is 7.78. The van der Waals surface area contributed by atoms with Gasteiger partial charge >= 0.3 is 0 Å². The normalized spacial score (nSPS) is 15.3. The number of thiazole rings is 1. The second kappa shape index (κ2) is 8.46. The Morgan fingerprint density at radius 2 is 1.90 bits per heavy atom. The molecule has 0 atom stereocenters. The van der Waals surface area contributed by atoms with Crippen LogP contribution in [0.25, 0.3) is 10.2 Å². The number of hydrogen-bond donors (Lipinski definition) is 0. The van der Waals surface area contributed by atoms with Gasteiger partial charge in [0.15, 0.2) is 5.75 Å². The molecule has 4 rings (SSSR count). The minimum atomic E-state index is -0.0382. The van der Waals surface area contributed by atoms with Crippen molar-refractivity contribution in [3.05, 3.63) is 41.4 Å². The Labute approximate surface area is 187 Å². The van der Waals surface area contributed by atoms with Crippen LogP contribution in [0.1, 0.15) is 45.5 Å². The second-order valence-electron chi connectivity index (χ2n) is 8.98. The number of nitrogens with zero attached hydrogens (tertiary/aromatic N) is 3. The van der Waals surface area contributed by atoms with Gasteiger partial charge in [0, 0.05) is 24.6 Å². The molecule has 0 N–H and O–H groups in total. The van der Waals surface area contributed by atoms with Gasteiger partial charge in [-0.3, -0.25) is 0 Å². The molecule has 2 heterocycles. The third-order valence-electron chi connectivity index (χ3n) is 5.47. The Bertz CT molecular complexity index is 1090. The first-order chi connectivity index (χ1) is 14.4. The Morgan fingerprint density at radius 1 is 1.20 bits per heavy atom. The van der Waals surface area contributed by atoms with Gasteiger partial charge in [0.05, 0.1) is 14.9 Å². The van der Waals surface area contributed by atoms with E-state index in [4.69, 9.17) is 21.9 Å². The first-order valence-electron chi connectivity index (χ1n) is 10.4. The van der Waals surface area contributed by atoms with E-state index in [-0.39, 0.29) is 5.41 Å². The van der Waals surface area contributed by atoms with Crippen LogP contribution in [0.3, 0.4) is 0 Å². The van der Waals surface area contributed by atoms with Crippen molar-refractivity contribution < 1.29 is 4.74 Å². The quantitative estimate of drug-likeness (QED) is 0.316. The molecule has 30 heavy (non-hydrogen) atoms. The van der Waals surface area contributed by atoms with Gasteiger partial charge < -0.3 is 9.64 Å². The molecule has 1 saturated heterocycles. The lowest BCUT2D eigenvalue weighted by Crippen LogP contribution is -2.33. The van der Waals surface area contributed by atoms with Gasteiger partial charge in [-0.15, -0.1) is 11.3 Å². The molecule has 0 saturated carbocycles. The molecular weight excluding hydrogens is 410 g/mol. The van der Waals surface area contributed by atoms with Gasteiger partial charge in [-0.2, -0.15) is 4.99 Å². The van der Waals surface area contributed by atoms with Crippen LogP contribution in [0.2, 0.25) is 0 Å². The number of anilines is 1. The minimum Gasteiger partial charge on any atom is -0.455 e. The third-order valence-corrected chi connectivity index (χ3v) is 6.99. The molecule has 0 radical (unpaired) electrons. The van der Waals surface area contributed by atoms with Crippen molar-refractivity contribution in [2.75, 3.05) is 18.0 Å². The number of aromatic nitrogens is 1. The fourth-order valence-corrected chi connectivity index (χ4v) is 4.87. The summed E-state index contributed by atoms with van der Waals surface area (Å²) >= 11 is 6.72. The molecule has 6 heteroatoms. The van der Waals surface area contributed by atoms with E-state index in [0.717, 1.165) is 69.9 Å². The summed E-state index contributed by atoms with van der Waals surface area (Å²) in [5, 5.41) is 3.67. The molecule has 0 bridgehead atoms. The van der Waals surface area contributed by atoms with Crippen LogP contribution in [0.5, 0.6) is 11.5 Å². The number of thiocarbonyl (C=S) groups is 1. The first-order valence-corrected chi connectivity index (χ1v) is 11.6. The van der Waals surface area contributed by atoms with E-state index in [1.165, 1.54) is 0 Å². The van der Waals surface area contributed by atoms with E-state index in [1.54, 1.807) is 11.3 Å². The third kappa shape index (κ3) is 4.27. The molecule has 1 aromatic heterocycles. The number of benzene rings is 2. The van der Waals surface area contributed by atoms with Gasteiger partial charge in [-0.25, -0.2) is 4.98 Å². The molecule has 3 aromatic rings. The summed E-state index contributed by atoms with van der Waals surface area (Å²) in [6.07, 6.45) is 2.29. The predicted octanol–water partition coefficient (Wildman–Crippen LogP) is 7.36. The second-order valence-corrected chi connectivity index (χ2v) is 10.2. The zero-order valence-electron chi connectivity index (χ0n) is 17.9. The van der Waals surface area contributed by atoms with Crippen molar-refractivity contribution >= 4 is 50.3 Å². The monoisotopic (exact) mass is 437 g/mol. The molecule has 1 aliphatic heterocycles. The lowest BCUT2D eigenvalue weighted by molar-refractivity contribution is 0.431. The van der Waals surface area contributed by atoms with E-state index in [1.807, 2.05) is 30.3 Å². The Balaban J connectivity index is 1.93. The molecule has 1 fully saturated rings. The van der Waals surface area contributed by atoms with Gasteiger partial charge in [-0.05, 0) is 43.1 Å². The fraction of sp³-hybridized carbons (Fsp3) is 0.417. The first kappa shape index (κ1) is 21.0. The van der Waals surface area contributed by atoms with E-state index in [9.17, 15) is 0 Å². The van der Waals surface area contributed by atoms with Crippen molar-refractivity contribution in [1.29, 1.82) is 0 Å². The lowest BCUT2D eigenvalue weighted by atomic mass is 9.98. The Kier molecular flexibility index (Phi) is 5.92. The van der Waals surface area contributed by atoms with Crippen molar-refractivity contribution in [1.82, 2.24) is 4.98 Å². The van der Waals surface area contributed by atoms with Crippen LogP contribution in [-0.2, 0) is 5.41 Å². The number of hydrogen-bond acceptors (Lipinski definition) is 6. The SMILES string of the molecule is CC1CCN(c2c(Oc3ccccc3)cc3sc(C(C)(C)C)nc3c2N=C=S)CC1. The highest BCUT2D eigenvalue weighted by Crippen LogP contribution is 2.48.